The van der Waals surface area contributed by atoms with E-state index in [2.05, 4.69) is 29.6 Å². The minimum Gasteiger partial charge on any atom is -0.481 e. The van der Waals surface area contributed by atoms with Gasteiger partial charge in [0.15, 0.2) is 0 Å². The van der Waals surface area contributed by atoms with E-state index in [0.29, 0.717) is 25.9 Å². The number of benzene rings is 2. The van der Waals surface area contributed by atoms with Gasteiger partial charge in [-0.05, 0) is 60.3 Å². The molecule has 2 N–H and O–H groups in total. The number of carboxylic acids is 1. The van der Waals surface area contributed by atoms with E-state index in [1.807, 2.05) is 24.3 Å². The van der Waals surface area contributed by atoms with E-state index in [-0.39, 0.29) is 30.4 Å². The minimum absolute atomic E-state index is 0.00317. The van der Waals surface area contributed by atoms with Crippen LogP contribution in [0.1, 0.15) is 55.6 Å². The van der Waals surface area contributed by atoms with Gasteiger partial charge in [0.1, 0.15) is 6.61 Å². The van der Waals surface area contributed by atoms with Gasteiger partial charge in [-0.25, -0.2) is 4.79 Å². The number of nitrogens with one attached hydrogen (secondary N) is 1. The van der Waals surface area contributed by atoms with Gasteiger partial charge in [-0.15, -0.1) is 0 Å². The van der Waals surface area contributed by atoms with Crippen LogP contribution in [0, 0.1) is 11.8 Å². The van der Waals surface area contributed by atoms with Crippen molar-refractivity contribution in [2.24, 2.45) is 11.8 Å². The summed E-state index contributed by atoms with van der Waals surface area (Å²) in [6, 6.07) is 16.5. The molecule has 2 aliphatic carbocycles. The Kier molecular flexibility index (Phi) is 6.75. The first-order valence-electron chi connectivity index (χ1n) is 12.6. The highest BCUT2D eigenvalue weighted by Crippen LogP contribution is 2.44. The van der Waals surface area contributed by atoms with E-state index in [1.165, 1.54) is 22.3 Å². The monoisotopic (exact) mass is 476 g/mol. The Morgan fingerprint density at radius 3 is 2.34 bits per heavy atom. The summed E-state index contributed by atoms with van der Waals surface area (Å²) in [4.78, 5) is 38.3. The quantitative estimate of drug-likeness (QED) is 0.644. The van der Waals surface area contributed by atoms with E-state index < -0.39 is 18.0 Å². The molecule has 7 nitrogen and oxygen atoms in total. The maximum atomic E-state index is 12.7. The average Bonchev–Trinajstić information content (AvgIpc) is 3.44. The van der Waals surface area contributed by atoms with E-state index in [0.717, 1.165) is 25.7 Å². The molecule has 3 atom stereocenters. The lowest BCUT2D eigenvalue weighted by molar-refractivity contribution is -0.145. The van der Waals surface area contributed by atoms with Gasteiger partial charge in [0.25, 0.3) is 0 Å². The number of hydrogen-bond acceptors (Lipinski definition) is 4. The lowest BCUT2D eigenvalue weighted by Crippen LogP contribution is -2.42. The van der Waals surface area contributed by atoms with E-state index in [9.17, 15) is 19.5 Å². The topological polar surface area (TPSA) is 95.9 Å². The van der Waals surface area contributed by atoms with Crippen molar-refractivity contribution in [3.8, 4) is 11.1 Å². The second-order valence-corrected chi connectivity index (χ2v) is 10.1. The molecule has 3 unspecified atom stereocenters. The standard InChI is InChI=1S/C28H32N2O5/c31-26(30-13-5-6-19(16-30)27(32)33)15-18-11-12-20(14-18)29-28(34)35-17-25-23-9-3-1-7-21(23)22-8-2-4-10-24(22)25/h1-4,7-10,18-20,25H,5-6,11-17H2,(H,29,34)(H,32,33). The SMILES string of the molecule is O=C(NC1CCC(CC(=O)N2CCCC(C(=O)O)C2)C1)OCC1c2ccccc2-c2ccccc21. The predicted molar refractivity (Wildman–Crippen MR) is 131 cm³/mol. The van der Waals surface area contributed by atoms with Crippen LogP contribution in [0.2, 0.25) is 0 Å². The third-order valence-corrected chi connectivity index (χ3v) is 7.79. The van der Waals surface area contributed by atoms with E-state index in [4.69, 9.17) is 4.74 Å². The van der Waals surface area contributed by atoms with Gasteiger partial charge in [0.2, 0.25) is 5.91 Å². The molecule has 0 bridgehead atoms. The molecule has 2 fully saturated rings. The molecule has 2 aromatic rings. The molecule has 0 aromatic heterocycles. The Labute approximate surface area is 205 Å². The third-order valence-electron chi connectivity index (χ3n) is 7.79. The molecular weight excluding hydrogens is 444 g/mol. The van der Waals surface area contributed by atoms with Gasteiger partial charge < -0.3 is 20.1 Å². The molecule has 0 spiro atoms. The minimum atomic E-state index is -0.823. The number of hydrogen-bond donors (Lipinski definition) is 2. The number of nitrogens with zero attached hydrogens (tertiary/aromatic N) is 1. The zero-order valence-corrected chi connectivity index (χ0v) is 19.8. The highest BCUT2D eigenvalue weighted by molar-refractivity contribution is 5.79. The zero-order valence-electron chi connectivity index (χ0n) is 19.8. The van der Waals surface area contributed by atoms with Crippen molar-refractivity contribution in [3.63, 3.8) is 0 Å². The fraction of sp³-hybridized carbons (Fsp3) is 0.464. The van der Waals surface area contributed by atoms with Crippen molar-refractivity contribution in [3.05, 3.63) is 59.7 Å². The Morgan fingerprint density at radius 1 is 0.971 bits per heavy atom. The molecule has 7 heteroatoms. The number of carbonyl (C=O) groups excluding carboxylic acids is 2. The molecule has 1 aliphatic heterocycles. The van der Waals surface area contributed by atoms with E-state index >= 15 is 0 Å². The third kappa shape index (κ3) is 5.04. The first kappa shape index (κ1) is 23.4. The molecular formula is C28H32N2O5. The van der Waals surface area contributed by atoms with Crippen molar-refractivity contribution in [2.75, 3.05) is 19.7 Å². The van der Waals surface area contributed by atoms with Crippen LogP contribution in [-0.2, 0) is 14.3 Å². The smallest absolute Gasteiger partial charge is 0.407 e. The van der Waals surface area contributed by atoms with Crippen LogP contribution >= 0.6 is 0 Å². The van der Waals surface area contributed by atoms with Crippen LogP contribution in [0.15, 0.2) is 48.5 Å². The maximum absolute atomic E-state index is 12.7. The number of ether oxygens (including phenoxy) is 1. The van der Waals surface area contributed by atoms with Crippen LogP contribution < -0.4 is 5.32 Å². The molecule has 1 saturated heterocycles. The Bertz CT molecular complexity index is 1070. The van der Waals surface area contributed by atoms with Gasteiger partial charge >= 0.3 is 12.1 Å². The van der Waals surface area contributed by atoms with E-state index in [1.54, 1.807) is 4.90 Å². The molecule has 1 saturated carbocycles. The summed E-state index contributed by atoms with van der Waals surface area (Å²) < 4.78 is 5.67. The Hall–Kier alpha value is -3.35. The largest absolute Gasteiger partial charge is 0.481 e. The number of fused-ring (bicyclic) bond motifs is 3. The fourth-order valence-corrected chi connectivity index (χ4v) is 5.98. The Morgan fingerprint density at radius 2 is 1.66 bits per heavy atom. The number of aliphatic carboxylic acids is 1. The maximum Gasteiger partial charge on any atom is 0.407 e. The summed E-state index contributed by atoms with van der Waals surface area (Å²) in [5.74, 6) is -1.02. The molecule has 2 aromatic carbocycles. The number of likely N-dealkylation sites (tertiary alicyclic amines) is 1. The fourth-order valence-electron chi connectivity index (χ4n) is 5.98. The van der Waals surface area contributed by atoms with Gasteiger partial charge in [0, 0.05) is 31.5 Å². The van der Waals surface area contributed by atoms with Crippen LogP contribution in [0.5, 0.6) is 0 Å². The van der Waals surface area contributed by atoms with Crippen molar-refractivity contribution >= 4 is 18.0 Å². The average molecular weight is 477 g/mol. The first-order valence-corrected chi connectivity index (χ1v) is 12.6. The summed E-state index contributed by atoms with van der Waals surface area (Å²) >= 11 is 0. The number of piperidine rings is 1. The first-order chi connectivity index (χ1) is 17.0. The summed E-state index contributed by atoms with van der Waals surface area (Å²) in [5, 5.41) is 12.3. The van der Waals surface area contributed by atoms with Gasteiger partial charge in [0.05, 0.1) is 5.92 Å². The number of carbonyl (C=O) groups is 3. The second kappa shape index (κ2) is 10.1. The molecule has 3 aliphatic rings. The van der Waals surface area contributed by atoms with Crippen LogP contribution in [-0.4, -0.2) is 53.7 Å². The highest BCUT2D eigenvalue weighted by atomic mass is 16.5. The summed E-state index contributed by atoms with van der Waals surface area (Å²) in [7, 11) is 0. The molecule has 5 rings (SSSR count). The lowest BCUT2D eigenvalue weighted by Gasteiger charge is -2.31. The summed E-state index contributed by atoms with van der Waals surface area (Å²) in [5.41, 5.74) is 4.76. The zero-order chi connectivity index (χ0) is 24.4. The van der Waals surface area contributed by atoms with Gasteiger partial charge in [-0.3, -0.25) is 9.59 Å². The lowest BCUT2D eigenvalue weighted by atomic mass is 9.96. The van der Waals surface area contributed by atoms with Crippen molar-refractivity contribution in [1.29, 1.82) is 0 Å². The molecule has 0 radical (unpaired) electrons. The molecule has 2 amide bonds. The summed E-state index contributed by atoms with van der Waals surface area (Å²) in [6.45, 7) is 1.23. The van der Waals surface area contributed by atoms with Crippen molar-refractivity contribution < 1.29 is 24.2 Å². The van der Waals surface area contributed by atoms with Crippen LogP contribution in [0.4, 0.5) is 4.79 Å². The molecule has 184 valence electrons. The number of alkyl carbamates (subject to hydrolysis) is 1. The van der Waals surface area contributed by atoms with Crippen molar-refractivity contribution in [1.82, 2.24) is 10.2 Å². The van der Waals surface area contributed by atoms with Gasteiger partial charge in [-0.1, -0.05) is 48.5 Å². The number of rotatable bonds is 6. The predicted octanol–water partition coefficient (Wildman–Crippen LogP) is 4.41. The highest BCUT2D eigenvalue weighted by Gasteiger charge is 2.33. The second-order valence-electron chi connectivity index (χ2n) is 10.1. The normalized spacial score (nSPS) is 23.4. The molecule has 1 heterocycles. The van der Waals surface area contributed by atoms with Crippen LogP contribution in [0.25, 0.3) is 11.1 Å². The van der Waals surface area contributed by atoms with Gasteiger partial charge in [-0.2, -0.15) is 0 Å². The van der Waals surface area contributed by atoms with Crippen LogP contribution in [0.3, 0.4) is 0 Å². The number of carboxylic acid groups (broad SMARTS) is 1. The Balaban J connectivity index is 1.10. The molecule has 35 heavy (non-hydrogen) atoms. The summed E-state index contributed by atoms with van der Waals surface area (Å²) in [6.07, 6.45) is 3.80. The van der Waals surface area contributed by atoms with Crippen molar-refractivity contribution in [2.45, 2.75) is 50.5 Å². The number of amides is 2.